The number of carbonyl (C=O) groups excluding carboxylic acids is 3. The summed E-state index contributed by atoms with van der Waals surface area (Å²) in [6.45, 7) is 6.10. The van der Waals surface area contributed by atoms with Gasteiger partial charge >= 0.3 is 6.03 Å². The molecule has 46 heavy (non-hydrogen) atoms. The summed E-state index contributed by atoms with van der Waals surface area (Å²) in [7, 11) is 3.73. The first-order valence-corrected chi connectivity index (χ1v) is 15.4. The van der Waals surface area contributed by atoms with Gasteiger partial charge in [0.25, 0.3) is 11.8 Å². The van der Waals surface area contributed by atoms with Gasteiger partial charge in [0.05, 0.1) is 17.9 Å². The number of pyridine rings is 1. The highest BCUT2D eigenvalue weighted by Crippen LogP contribution is 2.29. The average molecular weight is 621 g/mol. The molecule has 0 saturated carbocycles. The van der Waals surface area contributed by atoms with E-state index in [-0.39, 0.29) is 17.8 Å². The minimum Gasteiger partial charge on any atom is -0.491 e. The number of likely N-dealkylation sites (N-methyl/N-ethyl adjacent to an activating group) is 1. The van der Waals surface area contributed by atoms with Crippen molar-refractivity contribution in [2.45, 2.75) is 13.3 Å². The minimum atomic E-state index is -0.287. The Kier molecular flexibility index (Phi) is 10.6. The lowest BCUT2D eigenvalue weighted by atomic mass is 9.98. The number of benzene rings is 3. The smallest absolute Gasteiger partial charge is 0.317 e. The zero-order valence-electron chi connectivity index (χ0n) is 26.5. The topological polar surface area (TPSA) is 107 Å². The molecular weight excluding hydrogens is 580 g/mol. The highest BCUT2D eigenvalue weighted by atomic mass is 16.5. The minimum absolute atomic E-state index is 0.0508. The van der Waals surface area contributed by atoms with Gasteiger partial charge in [-0.1, -0.05) is 60.2 Å². The van der Waals surface area contributed by atoms with Crippen LogP contribution in [0.2, 0.25) is 0 Å². The van der Waals surface area contributed by atoms with Crippen LogP contribution in [-0.4, -0.2) is 86.1 Å². The number of hydrogen-bond acceptors (Lipinski definition) is 6. The number of rotatable bonds is 10. The first-order valence-electron chi connectivity index (χ1n) is 15.4. The van der Waals surface area contributed by atoms with Gasteiger partial charge in [-0.2, -0.15) is 0 Å². The van der Waals surface area contributed by atoms with E-state index in [0.717, 1.165) is 42.9 Å². The third kappa shape index (κ3) is 8.08. The SMILES string of the molecule is Cc1ccc(-c2ccccc2C(=O)Nc2ccc(C(=O)N(C)c3ccccc3OCCCNC(=O)N3CCN(C)CC3)cn2)cc1. The molecule has 1 aliphatic heterocycles. The van der Waals surface area contributed by atoms with Crippen molar-refractivity contribution < 1.29 is 19.1 Å². The summed E-state index contributed by atoms with van der Waals surface area (Å²) >= 11 is 0. The molecular formula is C36H40N6O4. The Morgan fingerprint density at radius 3 is 2.35 bits per heavy atom. The fourth-order valence-electron chi connectivity index (χ4n) is 5.17. The predicted molar refractivity (Wildman–Crippen MR) is 181 cm³/mol. The largest absolute Gasteiger partial charge is 0.491 e. The van der Waals surface area contributed by atoms with E-state index in [9.17, 15) is 14.4 Å². The molecule has 0 aliphatic carbocycles. The van der Waals surface area contributed by atoms with Crippen molar-refractivity contribution in [1.29, 1.82) is 0 Å². The van der Waals surface area contributed by atoms with Crippen LogP contribution in [0, 0.1) is 6.92 Å². The number of aromatic nitrogens is 1. The molecule has 1 fully saturated rings. The van der Waals surface area contributed by atoms with Gasteiger partial charge in [-0.15, -0.1) is 0 Å². The van der Waals surface area contributed by atoms with E-state index < -0.39 is 0 Å². The molecule has 10 heteroatoms. The Morgan fingerprint density at radius 2 is 1.61 bits per heavy atom. The molecule has 0 unspecified atom stereocenters. The molecule has 3 aromatic carbocycles. The molecule has 4 aromatic rings. The Bertz CT molecular complexity index is 1650. The summed E-state index contributed by atoms with van der Waals surface area (Å²) in [6, 6.07) is 26.0. The standard InChI is InChI=1S/C36H40N6O4/c1-26-13-15-27(16-14-26)29-9-4-5-10-30(29)34(43)39-33-18-17-28(25-38-33)35(44)41(3)31-11-6-7-12-32(31)46-24-8-19-37-36(45)42-22-20-40(2)21-23-42/h4-7,9-18,25H,8,19-24H2,1-3H3,(H,37,45)(H,38,39,43). The number of aryl methyl sites for hydroxylation is 1. The van der Waals surface area contributed by atoms with Gasteiger partial charge in [0, 0.05) is 51.5 Å². The maximum Gasteiger partial charge on any atom is 0.317 e. The first-order chi connectivity index (χ1) is 22.3. The van der Waals surface area contributed by atoms with Crippen LogP contribution in [0.4, 0.5) is 16.3 Å². The van der Waals surface area contributed by atoms with Crippen LogP contribution in [-0.2, 0) is 0 Å². The van der Waals surface area contributed by atoms with Crippen LogP contribution in [0.15, 0.2) is 91.1 Å². The lowest BCUT2D eigenvalue weighted by Crippen LogP contribution is -2.50. The molecule has 0 atom stereocenters. The summed E-state index contributed by atoms with van der Waals surface area (Å²) in [6.07, 6.45) is 2.07. The lowest BCUT2D eigenvalue weighted by Gasteiger charge is -2.32. The summed E-state index contributed by atoms with van der Waals surface area (Å²) in [4.78, 5) is 48.9. The van der Waals surface area contributed by atoms with E-state index in [1.165, 1.54) is 11.1 Å². The van der Waals surface area contributed by atoms with Gasteiger partial charge < -0.3 is 30.1 Å². The van der Waals surface area contributed by atoms with Crippen molar-refractivity contribution in [2.75, 3.05) is 63.6 Å². The fraction of sp³-hybridized carbons (Fsp3) is 0.278. The lowest BCUT2D eigenvalue weighted by molar-refractivity contribution is 0.0990. The Labute approximate surface area is 270 Å². The van der Waals surface area contributed by atoms with Crippen LogP contribution in [0.3, 0.4) is 0 Å². The van der Waals surface area contributed by atoms with Gasteiger partial charge in [0.1, 0.15) is 11.6 Å². The maximum absolute atomic E-state index is 13.4. The normalized spacial score (nSPS) is 13.2. The van der Waals surface area contributed by atoms with E-state index in [0.29, 0.717) is 48.0 Å². The Hall–Kier alpha value is -5.22. The molecule has 2 N–H and O–H groups in total. The first kappa shape index (κ1) is 32.2. The second kappa shape index (κ2) is 15.2. The van der Waals surface area contributed by atoms with Crippen molar-refractivity contribution >= 4 is 29.4 Å². The number of urea groups is 1. The van der Waals surface area contributed by atoms with Gasteiger partial charge in [0.2, 0.25) is 0 Å². The number of nitrogens with one attached hydrogen (secondary N) is 2. The summed E-state index contributed by atoms with van der Waals surface area (Å²) in [5, 5.41) is 5.81. The molecule has 4 amide bonds. The summed E-state index contributed by atoms with van der Waals surface area (Å²) < 4.78 is 6.01. The quantitative estimate of drug-likeness (QED) is 0.233. The van der Waals surface area contributed by atoms with Crippen LogP contribution in [0.5, 0.6) is 5.75 Å². The average Bonchev–Trinajstić information content (AvgIpc) is 3.08. The third-order valence-corrected chi connectivity index (χ3v) is 7.96. The molecule has 2 heterocycles. The van der Waals surface area contributed by atoms with Crippen molar-refractivity contribution in [2.24, 2.45) is 0 Å². The number of para-hydroxylation sites is 2. The Balaban J connectivity index is 1.15. The molecule has 0 bridgehead atoms. The van der Waals surface area contributed by atoms with E-state index in [1.807, 2.05) is 78.6 Å². The molecule has 1 aliphatic rings. The van der Waals surface area contributed by atoms with Gasteiger partial charge in [-0.3, -0.25) is 9.59 Å². The van der Waals surface area contributed by atoms with Crippen molar-refractivity contribution in [3.63, 3.8) is 0 Å². The van der Waals surface area contributed by atoms with E-state index in [4.69, 9.17) is 4.74 Å². The second-order valence-electron chi connectivity index (χ2n) is 11.4. The van der Waals surface area contributed by atoms with Gasteiger partial charge in [-0.25, -0.2) is 9.78 Å². The summed E-state index contributed by atoms with van der Waals surface area (Å²) in [5.41, 5.74) is 4.42. The zero-order chi connectivity index (χ0) is 32.5. The highest BCUT2D eigenvalue weighted by Gasteiger charge is 2.20. The molecule has 5 rings (SSSR count). The fourth-order valence-corrected chi connectivity index (χ4v) is 5.17. The molecule has 238 valence electrons. The molecule has 0 spiro atoms. The third-order valence-electron chi connectivity index (χ3n) is 7.96. The monoisotopic (exact) mass is 620 g/mol. The number of amides is 4. The molecule has 10 nitrogen and oxygen atoms in total. The van der Waals surface area contributed by atoms with Crippen LogP contribution >= 0.6 is 0 Å². The predicted octanol–water partition coefficient (Wildman–Crippen LogP) is 5.31. The van der Waals surface area contributed by atoms with E-state index in [2.05, 4.69) is 27.6 Å². The highest BCUT2D eigenvalue weighted by molar-refractivity contribution is 6.09. The second-order valence-corrected chi connectivity index (χ2v) is 11.4. The zero-order valence-corrected chi connectivity index (χ0v) is 26.5. The summed E-state index contributed by atoms with van der Waals surface area (Å²) in [5.74, 6) is 0.342. The Morgan fingerprint density at radius 1 is 0.891 bits per heavy atom. The maximum atomic E-state index is 13.4. The number of nitrogens with zero attached hydrogens (tertiary/aromatic N) is 4. The molecule has 1 aromatic heterocycles. The molecule has 0 radical (unpaired) electrons. The van der Waals surface area contributed by atoms with Crippen molar-refractivity contribution in [1.82, 2.24) is 20.1 Å². The van der Waals surface area contributed by atoms with Crippen LogP contribution in [0.1, 0.15) is 32.7 Å². The number of hydrogen-bond donors (Lipinski definition) is 2. The van der Waals surface area contributed by atoms with Gasteiger partial charge in [0.15, 0.2) is 0 Å². The van der Waals surface area contributed by atoms with Crippen LogP contribution < -0.4 is 20.3 Å². The van der Waals surface area contributed by atoms with Crippen molar-refractivity contribution in [3.05, 3.63) is 108 Å². The number of ether oxygens (including phenoxy) is 1. The van der Waals surface area contributed by atoms with Crippen molar-refractivity contribution in [3.8, 4) is 16.9 Å². The van der Waals surface area contributed by atoms with E-state index in [1.54, 1.807) is 25.2 Å². The number of carbonyl (C=O) groups is 3. The van der Waals surface area contributed by atoms with Gasteiger partial charge in [-0.05, 0) is 61.9 Å². The number of piperazine rings is 1. The van der Waals surface area contributed by atoms with Crippen LogP contribution in [0.25, 0.3) is 11.1 Å². The van der Waals surface area contributed by atoms with E-state index >= 15 is 0 Å². The number of anilines is 2. The molecule has 1 saturated heterocycles.